The number of Topliss-reactive ketones (excluding diaryl/α,β-unsaturated/α-hetero) is 1. The van der Waals surface area contributed by atoms with Crippen LogP contribution in [0, 0.1) is 17.0 Å². The summed E-state index contributed by atoms with van der Waals surface area (Å²) in [7, 11) is 0. The average Bonchev–Trinajstić information content (AvgIpc) is 2.67. The molecule has 6 heteroatoms. The maximum Gasteiger partial charge on any atom is 0.271 e. The standard InChI is InChI=1S/C22H20N2O4/c1-14-5-2-6-15(11-14)18-13-21(26)23(19-9-4-10-20(25)22(18)19)16-7-3-8-17(12-16)24(27)28/h2-3,5-8,11-12,18H,4,9-10,13H2,1H3. The number of rotatable bonds is 3. The van der Waals surface area contributed by atoms with E-state index in [1.807, 2.05) is 31.2 Å². The van der Waals surface area contributed by atoms with E-state index in [1.165, 1.54) is 17.0 Å². The van der Waals surface area contributed by atoms with Gasteiger partial charge >= 0.3 is 0 Å². The zero-order valence-corrected chi connectivity index (χ0v) is 15.6. The van der Waals surface area contributed by atoms with Crippen LogP contribution in [-0.4, -0.2) is 16.6 Å². The number of nitro groups is 1. The summed E-state index contributed by atoms with van der Waals surface area (Å²) in [5.41, 5.74) is 3.80. The number of anilines is 1. The first kappa shape index (κ1) is 18.1. The topological polar surface area (TPSA) is 80.5 Å². The zero-order valence-electron chi connectivity index (χ0n) is 15.6. The molecule has 0 saturated heterocycles. The van der Waals surface area contributed by atoms with Crippen LogP contribution in [-0.2, 0) is 9.59 Å². The summed E-state index contributed by atoms with van der Waals surface area (Å²) < 4.78 is 0. The summed E-state index contributed by atoms with van der Waals surface area (Å²) in [4.78, 5) is 38.2. The molecule has 4 rings (SSSR count). The molecule has 0 N–H and O–H groups in total. The smallest absolute Gasteiger partial charge is 0.271 e. The fraction of sp³-hybridized carbons (Fsp3) is 0.273. The van der Waals surface area contributed by atoms with Crippen molar-refractivity contribution < 1.29 is 14.5 Å². The van der Waals surface area contributed by atoms with Crippen LogP contribution < -0.4 is 4.90 Å². The van der Waals surface area contributed by atoms with E-state index in [4.69, 9.17) is 0 Å². The molecular weight excluding hydrogens is 356 g/mol. The van der Waals surface area contributed by atoms with Crippen LogP contribution >= 0.6 is 0 Å². The minimum absolute atomic E-state index is 0.0655. The Kier molecular flexibility index (Phi) is 4.55. The normalized spacial score (nSPS) is 19.6. The van der Waals surface area contributed by atoms with Crippen molar-refractivity contribution in [3.05, 3.63) is 81.0 Å². The molecule has 6 nitrogen and oxygen atoms in total. The maximum atomic E-state index is 13.1. The van der Waals surface area contributed by atoms with Crippen LogP contribution in [0.5, 0.6) is 0 Å². The second-order valence-electron chi connectivity index (χ2n) is 7.31. The molecule has 0 saturated carbocycles. The largest absolute Gasteiger partial charge is 0.294 e. The quantitative estimate of drug-likeness (QED) is 0.586. The number of aryl methyl sites for hydroxylation is 1. The van der Waals surface area contributed by atoms with E-state index in [9.17, 15) is 19.7 Å². The minimum Gasteiger partial charge on any atom is -0.294 e. The van der Waals surface area contributed by atoms with Crippen molar-refractivity contribution in [1.82, 2.24) is 0 Å². The first-order valence-electron chi connectivity index (χ1n) is 9.36. The highest BCUT2D eigenvalue weighted by Crippen LogP contribution is 2.43. The molecule has 1 unspecified atom stereocenters. The Morgan fingerprint density at radius 1 is 1.07 bits per heavy atom. The van der Waals surface area contributed by atoms with E-state index in [-0.39, 0.29) is 29.7 Å². The van der Waals surface area contributed by atoms with Gasteiger partial charge in [-0.2, -0.15) is 0 Å². The molecule has 28 heavy (non-hydrogen) atoms. The number of benzene rings is 2. The van der Waals surface area contributed by atoms with Crippen molar-refractivity contribution in [2.45, 2.75) is 38.5 Å². The number of non-ortho nitro benzene ring substituents is 1. The van der Waals surface area contributed by atoms with Crippen LogP contribution in [0.1, 0.15) is 42.7 Å². The average molecular weight is 376 g/mol. The van der Waals surface area contributed by atoms with E-state index in [0.717, 1.165) is 11.1 Å². The third-order valence-electron chi connectivity index (χ3n) is 5.42. The fourth-order valence-electron chi connectivity index (χ4n) is 4.21. The van der Waals surface area contributed by atoms with E-state index < -0.39 is 4.92 Å². The van der Waals surface area contributed by atoms with Gasteiger partial charge in [-0.25, -0.2) is 0 Å². The Hall–Kier alpha value is -3.28. The fourth-order valence-corrected chi connectivity index (χ4v) is 4.21. The second kappa shape index (κ2) is 7.03. The number of hydrogen-bond acceptors (Lipinski definition) is 4. The number of allylic oxidation sites excluding steroid dienone is 2. The maximum absolute atomic E-state index is 13.1. The summed E-state index contributed by atoms with van der Waals surface area (Å²) in [6.45, 7) is 1.99. The summed E-state index contributed by atoms with van der Waals surface area (Å²) in [6.07, 6.45) is 1.93. The molecule has 0 radical (unpaired) electrons. The Labute approximate surface area is 162 Å². The molecule has 1 heterocycles. The third kappa shape index (κ3) is 3.11. The molecule has 1 atom stereocenters. The van der Waals surface area contributed by atoms with Gasteiger partial charge in [0.25, 0.3) is 5.69 Å². The highest BCUT2D eigenvalue weighted by Gasteiger charge is 2.39. The summed E-state index contributed by atoms with van der Waals surface area (Å²) in [5, 5.41) is 11.2. The second-order valence-corrected chi connectivity index (χ2v) is 7.31. The van der Waals surface area contributed by atoms with E-state index in [0.29, 0.717) is 36.2 Å². The van der Waals surface area contributed by atoms with E-state index in [2.05, 4.69) is 0 Å². The number of carbonyl (C=O) groups is 2. The molecule has 0 aromatic heterocycles. The SMILES string of the molecule is Cc1cccc(C2CC(=O)N(c3cccc([N+](=O)[O-])c3)C3=C2C(=O)CCC3)c1. The predicted octanol–water partition coefficient (Wildman–Crippen LogP) is 4.43. The van der Waals surface area contributed by atoms with Gasteiger partial charge in [-0.1, -0.05) is 35.9 Å². The Balaban J connectivity index is 1.86. The molecule has 142 valence electrons. The van der Waals surface area contributed by atoms with Gasteiger partial charge in [0.2, 0.25) is 5.91 Å². The van der Waals surface area contributed by atoms with Crippen LogP contribution in [0.25, 0.3) is 0 Å². The van der Waals surface area contributed by atoms with Gasteiger partial charge in [0.15, 0.2) is 5.78 Å². The molecule has 1 aliphatic carbocycles. The number of nitrogens with zero attached hydrogens (tertiary/aromatic N) is 2. The molecule has 2 aromatic rings. The Bertz CT molecular complexity index is 1020. The number of nitro benzene ring substituents is 1. The number of amides is 1. The molecule has 1 aliphatic heterocycles. The molecular formula is C22H20N2O4. The Morgan fingerprint density at radius 2 is 1.86 bits per heavy atom. The summed E-state index contributed by atoms with van der Waals surface area (Å²) in [5.74, 6) is -0.332. The van der Waals surface area contributed by atoms with Crippen molar-refractivity contribution in [2.24, 2.45) is 0 Å². The van der Waals surface area contributed by atoms with Crippen LogP contribution in [0.15, 0.2) is 59.8 Å². The van der Waals surface area contributed by atoms with Crippen molar-refractivity contribution in [2.75, 3.05) is 4.90 Å². The van der Waals surface area contributed by atoms with E-state index in [1.54, 1.807) is 12.1 Å². The van der Waals surface area contributed by atoms with Gasteiger partial charge in [-0.3, -0.25) is 24.6 Å². The van der Waals surface area contributed by atoms with Gasteiger partial charge in [-0.15, -0.1) is 0 Å². The van der Waals surface area contributed by atoms with Crippen LogP contribution in [0.3, 0.4) is 0 Å². The van der Waals surface area contributed by atoms with Gasteiger partial charge in [0, 0.05) is 42.2 Å². The molecule has 1 amide bonds. The van der Waals surface area contributed by atoms with Gasteiger partial charge in [-0.05, 0) is 31.4 Å². The molecule has 0 bridgehead atoms. The summed E-state index contributed by atoms with van der Waals surface area (Å²) in [6, 6.07) is 14.0. The minimum atomic E-state index is -0.477. The monoisotopic (exact) mass is 376 g/mol. The van der Waals surface area contributed by atoms with Crippen molar-refractivity contribution in [1.29, 1.82) is 0 Å². The first-order valence-corrected chi connectivity index (χ1v) is 9.36. The lowest BCUT2D eigenvalue weighted by molar-refractivity contribution is -0.384. The predicted molar refractivity (Wildman–Crippen MR) is 105 cm³/mol. The van der Waals surface area contributed by atoms with Crippen molar-refractivity contribution in [3.63, 3.8) is 0 Å². The number of carbonyl (C=O) groups excluding carboxylic acids is 2. The molecule has 2 aromatic carbocycles. The van der Waals surface area contributed by atoms with Crippen molar-refractivity contribution >= 4 is 23.1 Å². The number of ketones is 1. The van der Waals surface area contributed by atoms with Gasteiger partial charge < -0.3 is 0 Å². The third-order valence-corrected chi connectivity index (χ3v) is 5.42. The number of hydrogen-bond donors (Lipinski definition) is 0. The lowest BCUT2D eigenvalue weighted by Crippen LogP contribution is -2.40. The van der Waals surface area contributed by atoms with E-state index >= 15 is 0 Å². The van der Waals surface area contributed by atoms with Crippen LogP contribution in [0.2, 0.25) is 0 Å². The highest BCUT2D eigenvalue weighted by atomic mass is 16.6. The lowest BCUT2D eigenvalue weighted by Gasteiger charge is -2.38. The lowest BCUT2D eigenvalue weighted by atomic mass is 9.77. The van der Waals surface area contributed by atoms with Crippen molar-refractivity contribution in [3.8, 4) is 0 Å². The van der Waals surface area contributed by atoms with Gasteiger partial charge in [0.1, 0.15) is 0 Å². The molecule has 2 aliphatic rings. The Morgan fingerprint density at radius 3 is 2.61 bits per heavy atom. The molecule has 0 spiro atoms. The zero-order chi connectivity index (χ0) is 19.8. The first-order chi connectivity index (χ1) is 13.5. The van der Waals surface area contributed by atoms with Crippen LogP contribution in [0.4, 0.5) is 11.4 Å². The summed E-state index contributed by atoms with van der Waals surface area (Å²) >= 11 is 0. The van der Waals surface area contributed by atoms with Gasteiger partial charge in [0.05, 0.1) is 10.6 Å². The highest BCUT2D eigenvalue weighted by molar-refractivity contribution is 6.07. The molecule has 0 fully saturated rings.